The topological polar surface area (TPSA) is 86.6 Å². The lowest BCUT2D eigenvalue weighted by Crippen LogP contribution is -2.36. The number of hydrogen-bond donors (Lipinski definition) is 3. The highest BCUT2D eigenvalue weighted by Crippen LogP contribution is 2.18. The molecule has 0 aromatic heterocycles. The minimum absolute atomic E-state index is 0.189. The first kappa shape index (κ1) is 15.5. The Hall–Kier alpha value is -1.60. The number of aliphatic hydroxyl groups excluding tert-OH is 1. The first-order valence-corrected chi connectivity index (χ1v) is 6.53. The highest BCUT2D eigenvalue weighted by molar-refractivity contribution is 7.99. The molecule has 3 N–H and O–H groups in total. The summed E-state index contributed by atoms with van der Waals surface area (Å²) in [7, 11) is 0. The molecule has 7 heteroatoms. The molecule has 1 unspecified atom stereocenters. The van der Waals surface area contributed by atoms with Gasteiger partial charge in [-0.3, -0.25) is 4.79 Å². The molecule has 1 amide bonds. The smallest absolute Gasteiger partial charge is 0.334 e. The maximum atomic E-state index is 12.6. The fourth-order valence-corrected chi connectivity index (χ4v) is 2.03. The molecule has 1 rings (SSSR count). The van der Waals surface area contributed by atoms with Crippen molar-refractivity contribution in [1.29, 1.82) is 0 Å². The summed E-state index contributed by atoms with van der Waals surface area (Å²) in [5.74, 6) is -1.54. The van der Waals surface area contributed by atoms with Crippen LogP contribution in [0.4, 0.5) is 4.39 Å². The number of carboxylic acids is 1. The van der Waals surface area contributed by atoms with E-state index in [4.69, 9.17) is 10.2 Å². The molecule has 0 aliphatic heterocycles. The summed E-state index contributed by atoms with van der Waals surface area (Å²) in [5, 5.41) is 19.7. The molecule has 0 radical (unpaired) electrons. The van der Waals surface area contributed by atoms with Gasteiger partial charge < -0.3 is 15.5 Å². The SMILES string of the molecule is O=C(CCSc1ccc(F)cc1)NCC(O)C(=O)O. The number of thioether (sulfide) groups is 1. The first-order chi connectivity index (χ1) is 8.99. The van der Waals surface area contributed by atoms with Gasteiger partial charge >= 0.3 is 5.97 Å². The molecule has 0 saturated carbocycles. The van der Waals surface area contributed by atoms with E-state index in [9.17, 15) is 14.0 Å². The minimum atomic E-state index is -1.59. The van der Waals surface area contributed by atoms with E-state index in [0.29, 0.717) is 5.75 Å². The van der Waals surface area contributed by atoms with Crippen LogP contribution in [0.1, 0.15) is 6.42 Å². The molecule has 0 aliphatic carbocycles. The number of halogens is 1. The molecule has 0 spiro atoms. The van der Waals surface area contributed by atoms with Gasteiger partial charge in [0.1, 0.15) is 5.82 Å². The van der Waals surface area contributed by atoms with E-state index in [1.165, 1.54) is 23.9 Å². The largest absolute Gasteiger partial charge is 0.479 e. The predicted molar refractivity (Wildman–Crippen MR) is 68.4 cm³/mol. The summed E-state index contributed by atoms with van der Waals surface area (Å²) in [5.41, 5.74) is 0. The van der Waals surface area contributed by atoms with Crippen molar-refractivity contribution < 1.29 is 24.2 Å². The molecule has 5 nitrogen and oxygen atoms in total. The standard InChI is InChI=1S/C12H14FNO4S/c13-8-1-3-9(4-2-8)19-6-5-11(16)14-7-10(15)12(17)18/h1-4,10,15H,5-7H2,(H,14,16)(H,17,18). The predicted octanol–water partition coefficient (Wildman–Crippen LogP) is 0.870. The Morgan fingerprint density at radius 1 is 1.32 bits per heavy atom. The summed E-state index contributed by atoms with van der Waals surface area (Å²) < 4.78 is 12.6. The van der Waals surface area contributed by atoms with Crippen LogP contribution in [0.5, 0.6) is 0 Å². The molecular formula is C12H14FNO4S. The molecule has 19 heavy (non-hydrogen) atoms. The second kappa shape index (κ2) is 7.75. The molecule has 1 aromatic carbocycles. The average molecular weight is 287 g/mol. The lowest BCUT2D eigenvalue weighted by Gasteiger charge is -2.07. The van der Waals surface area contributed by atoms with Crippen molar-refractivity contribution in [2.45, 2.75) is 17.4 Å². The van der Waals surface area contributed by atoms with Gasteiger partial charge in [-0.25, -0.2) is 9.18 Å². The molecule has 0 heterocycles. The number of benzene rings is 1. The van der Waals surface area contributed by atoms with Crippen molar-refractivity contribution in [3.05, 3.63) is 30.1 Å². The van der Waals surface area contributed by atoms with E-state index < -0.39 is 12.1 Å². The second-order valence-electron chi connectivity index (χ2n) is 3.71. The van der Waals surface area contributed by atoms with Gasteiger partial charge in [0.2, 0.25) is 5.91 Å². The fourth-order valence-electron chi connectivity index (χ4n) is 1.18. The van der Waals surface area contributed by atoms with E-state index >= 15 is 0 Å². The van der Waals surface area contributed by atoms with Crippen molar-refractivity contribution in [1.82, 2.24) is 5.32 Å². The summed E-state index contributed by atoms with van der Waals surface area (Å²) in [6.45, 7) is -0.310. The Labute approximate surface area is 113 Å². The molecular weight excluding hydrogens is 273 g/mol. The van der Waals surface area contributed by atoms with E-state index in [1.54, 1.807) is 12.1 Å². The third-order valence-electron chi connectivity index (χ3n) is 2.19. The number of aliphatic carboxylic acids is 1. The lowest BCUT2D eigenvalue weighted by atomic mass is 10.3. The molecule has 104 valence electrons. The van der Waals surface area contributed by atoms with Gasteiger partial charge in [0.05, 0.1) is 6.54 Å². The molecule has 1 atom stereocenters. The Morgan fingerprint density at radius 3 is 2.53 bits per heavy atom. The highest BCUT2D eigenvalue weighted by Gasteiger charge is 2.13. The number of carbonyl (C=O) groups excluding carboxylic acids is 1. The Bertz CT molecular complexity index is 438. The van der Waals surface area contributed by atoms with Gasteiger partial charge in [-0.15, -0.1) is 11.8 Å². The number of rotatable bonds is 7. The van der Waals surface area contributed by atoms with Crippen molar-refractivity contribution >= 4 is 23.6 Å². The van der Waals surface area contributed by atoms with Crippen LogP contribution < -0.4 is 5.32 Å². The van der Waals surface area contributed by atoms with E-state index in [-0.39, 0.29) is 24.7 Å². The van der Waals surface area contributed by atoms with Crippen LogP contribution in [0, 0.1) is 5.82 Å². The first-order valence-electron chi connectivity index (χ1n) is 5.55. The summed E-state index contributed by atoms with van der Waals surface area (Å²) in [4.78, 5) is 22.5. The molecule has 0 fully saturated rings. The van der Waals surface area contributed by atoms with Crippen LogP contribution in [0.15, 0.2) is 29.2 Å². The normalized spacial score (nSPS) is 11.9. The summed E-state index contributed by atoms with van der Waals surface area (Å²) in [6, 6.07) is 5.91. The second-order valence-corrected chi connectivity index (χ2v) is 4.88. The number of carboxylic acid groups (broad SMARTS) is 1. The van der Waals surface area contributed by atoms with Gasteiger partial charge in [0, 0.05) is 17.1 Å². The van der Waals surface area contributed by atoms with Gasteiger partial charge in [-0.1, -0.05) is 0 Å². The van der Waals surface area contributed by atoms with Crippen molar-refractivity contribution in [3.63, 3.8) is 0 Å². The number of hydrogen-bond acceptors (Lipinski definition) is 4. The van der Waals surface area contributed by atoms with Gasteiger partial charge in [-0.2, -0.15) is 0 Å². The molecule has 1 aromatic rings. The maximum Gasteiger partial charge on any atom is 0.334 e. The zero-order valence-electron chi connectivity index (χ0n) is 10.0. The molecule has 0 bridgehead atoms. The number of nitrogens with one attached hydrogen (secondary N) is 1. The number of aliphatic hydroxyl groups is 1. The van der Waals surface area contributed by atoms with Crippen LogP contribution in [-0.4, -0.2) is 40.5 Å². The van der Waals surface area contributed by atoms with Crippen molar-refractivity contribution in [3.8, 4) is 0 Å². The molecule has 0 saturated heterocycles. The fraction of sp³-hybridized carbons (Fsp3) is 0.333. The third kappa shape index (κ3) is 6.21. The summed E-state index contributed by atoms with van der Waals surface area (Å²) >= 11 is 1.39. The third-order valence-corrected chi connectivity index (χ3v) is 3.20. The van der Waals surface area contributed by atoms with Gasteiger partial charge in [0.25, 0.3) is 0 Å². The average Bonchev–Trinajstić information content (AvgIpc) is 2.38. The summed E-state index contributed by atoms with van der Waals surface area (Å²) in [6.07, 6.45) is -1.40. The monoisotopic (exact) mass is 287 g/mol. The number of carbonyl (C=O) groups is 2. The van der Waals surface area contributed by atoms with Crippen LogP contribution in [0.25, 0.3) is 0 Å². The van der Waals surface area contributed by atoms with E-state index in [0.717, 1.165) is 4.90 Å². The maximum absolute atomic E-state index is 12.6. The van der Waals surface area contributed by atoms with Crippen molar-refractivity contribution in [2.24, 2.45) is 0 Å². The van der Waals surface area contributed by atoms with E-state index in [2.05, 4.69) is 5.32 Å². The quantitative estimate of drug-likeness (QED) is 0.648. The Kier molecular flexibility index (Phi) is 6.31. The van der Waals surface area contributed by atoms with E-state index in [1.807, 2.05) is 0 Å². The lowest BCUT2D eigenvalue weighted by molar-refractivity contribution is -0.146. The Balaban J connectivity index is 2.20. The van der Waals surface area contributed by atoms with Crippen LogP contribution in [0.3, 0.4) is 0 Å². The zero-order chi connectivity index (χ0) is 14.3. The van der Waals surface area contributed by atoms with Crippen LogP contribution in [-0.2, 0) is 9.59 Å². The van der Waals surface area contributed by atoms with Crippen LogP contribution >= 0.6 is 11.8 Å². The van der Waals surface area contributed by atoms with Gasteiger partial charge in [-0.05, 0) is 24.3 Å². The zero-order valence-corrected chi connectivity index (χ0v) is 10.8. The van der Waals surface area contributed by atoms with Gasteiger partial charge in [0.15, 0.2) is 6.10 Å². The minimum Gasteiger partial charge on any atom is -0.479 e. The number of amides is 1. The molecule has 0 aliphatic rings. The Morgan fingerprint density at radius 2 is 1.95 bits per heavy atom. The van der Waals surface area contributed by atoms with Crippen molar-refractivity contribution in [2.75, 3.05) is 12.3 Å². The van der Waals surface area contributed by atoms with Crippen LogP contribution in [0.2, 0.25) is 0 Å². The highest BCUT2D eigenvalue weighted by atomic mass is 32.2.